The highest BCUT2D eigenvalue weighted by Gasteiger charge is 2.19. The van der Waals surface area contributed by atoms with E-state index in [0.29, 0.717) is 28.4 Å². The minimum Gasteiger partial charge on any atom is -0.496 e. The standard InChI is InChI=1S/C22H27ClN2O3/c1-22(2,3)15-9-10-25(14-17-6-5-11-28-17)20(12-15)24-21(26)18-13-16(23)7-8-19(18)27-4/h7-10,12-13,17H,5-6,11,14H2,1-4H3/b24-20+/t17-/m1/s1. The number of aromatic nitrogens is 1. The molecule has 0 N–H and O–H groups in total. The summed E-state index contributed by atoms with van der Waals surface area (Å²) in [4.78, 5) is 17.4. The predicted molar refractivity (Wildman–Crippen MR) is 110 cm³/mol. The van der Waals surface area contributed by atoms with Crippen molar-refractivity contribution in [1.29, 1.82) is 0 Å². The lowest BCUT2D eigenvalue weighted by atomic mass is 9.88. The maximum Gasteiger partial charge on any atom is 0.282 e. The smallest absolute Gasteiger partial charge is 0.282 e. The second kappa shape index (κ2) is 8.50. The van der Waals surface area contributed by atoms with Crippen LogP contribution in [0.4, 0.5) is 0 Å². The number of halogens is 1. The second-order valence-corrected chi connectivity index (χ2v) is 8.51. The monoisotopic (exact) mass is 402 g/mol. The fourth-order valence-electron chi connectivity index (χ4n) is 3.25. The summed E-state index contributed by atoms with van der Waals surface area (Å²) in [5, 5.41) is 0.468. The highest BCUT2D eigenvalue weighted by molar-refractivity contribution is 6.31. The van der Waals surface area contributed by atoms with E-state index in [-0.39, 0.29) is 17.4 Å². The Morgan fingerprint density at radius 3 is 2.75 bits per heavy atom. The number of amides is 1. The van der Waals surface area contributed by atoms with Crippen LogP contribution < -0.4 is 10.2 Å². The summed E-state index contributed by atoms with van der Waals surface area (Å²) in [5.74, 6) is 0.0716. The fourth-order valence-corrected chi connectivity index (χ4v) is 3.43. The van der Waals surface area contributed by atoms with E-state index >= 15 is 0 Å². The second-order valence-electron chi connectivity index (χ2n) is 8.07. The maximum absolute atomic E-state index is 12.9. The molecule has 6 heteroatoms. The zero-order valence-corrected chi connectivity index (χ0v) is 17.6. The normalized spacial score (nSPS) is 17.8. The SMILES string of the molecule is COc1ccc(Cl)cc1C(=O)/N=c1\cc(C(C)(C)C)ccn1C[C@H]1CCCO1. The highest BCUT2D eigenvalue weighted by atomic mass is 35.5. The molecule has 1 aromatic carbocycles. The Kier molecular flexibility index (Phi) is 6.26. The molecule has 3 rings (SSSR count). The molecular formula is C22H27ClN2O3. The largest absolute Gasteiger partial charge is 0.496 e. The molecule has 1 fully saturated rings. The molecule has 0 saturated carbocycles. The number of hydrogen-bond donors (Lipinski definition) is 0. The van der Waals surface area contributed by atoms with Gasteiger partial charge >= 0.3 is 0 Å². The van der Waals surface area contributed by atoms with E-state index in [1.807, 2.05) is 16.8 Å². The van der Waals surface area contributed by atoms with E-state index < -0.39 is 0 Å². The molecule has 1 aliphatic rings. The molecular weight excluding hydrogens is 376 g/mol. The molecule has 1 atom stereocenters. The zero-order chi connectivity index (χ0) is 20.3. The van der Waals surface area contributed by atoms with Crippen LogP contribution in [-0.4, -0.2) is 30.3 Å². The topological polar surface area (TPSA) is 52.8 Å². The van der Waals surface area contributed by atoms with Crippen molar-refractivity contribution < 1.29 is 14.3 Å². The number of benzene rings is 1. The van der Waals surface area contributed by atoms with Crippen molar-refractivity contribution in [3.63, 3.8) is 0 Å². The number of carbonyl (C=O) groups is 1. The summed E-state index contributed by atoms with van der Waals surface area (Å²) in [5.41, 5.74) is 2.01. The first kappa shape index (κ1) is 20.6. The predicted octanol–water partition coefficient (Wildman–Crippen LogP) is 4.37. The van der Waals surface area contributed by atoms with Crippen LogP contribution in [0.1, 0.15) is 49.5 Å². The first-order valence-corrected chi connectivity index (χ1v) is 9.91. The maximum atomic E-state index is 12.9. The molecule has 150 valence electrons. The van der Waals surface area contributed by atoms with Crippen LogP contribution >= 0.6 is 11.6 Å². The lowest BCUT2D eigenvalue weighted by Gasteiger charge is -2.21. The van der Waals surface area contributed by atoms with Crippen LogP contribution in [-0.2, 0) is 16.7 Å². The van der Waals surface area contributed by atoms with E-state index in [0.717, 1.165) is 25.0 Å². The molecule has 0 unspecified atom stereocenters. The van der Waals surface area contributed by atoms with Crippen LogP contribution in [0.5, 0.6) is 5.75 Å². The number of nitrogens with zero attached hydrogens (tertiary/aromatic N) is 2. The van der Waals surface area contributed by atoms with Gasteiger partial charge in [-0.25, -0.2) is 0 Å². The summed E-state index contributed by atoms with van der Waals surface area (Å²) in [6.45, 7) is 7.87. The Hall–Kier alpha value is -2.11. The average molecular weight is 403 g/mol. The molecule has 2 aromatic rings. The van der Waals surface area contributed by atoms with Crippen LogP contribution in [0.15, 0.2) is 41.5 Å². The van der Waals surface area contributed by atoms with Crippen LogP contribution in [0, 0.1) is 0 Å². The zero-order valence-electron chi connectivity index (χ0n) is 16.9. The quantitative estimate of drug-likeness (QED) is 0.763. The van der Waals surface area contributed by atoms with Gasteiger partial charge in [-0.15, -0.1) is 0 Å². The van der Waals surface area contributed by atoms with Crippen molar-refractivity contribution in [1.82, 2.24) is 4.57 Å². The minimum atomic E-state index is -0.383. The number of carbonyl (C=O) groups excluding carboxylic acids is 1. The van der Waals surface area contributed by atoms with E-state index in [1.54, 1.807) is 18.2 Å². The first-order valence-electron chi connectivity index (χ1n) is 9.53. The van der Waals surface area contributed by atoms with Gasteiger partial charge in [-0.1, -0.05) is 32.4 Å². The van der Waals surface area contributed by atoms with Gasteiger partial charge < -0.3 is 14.0 Å². The molecule has 1 aromatic heterocycles. The molecule has 1 amide bonds. The third-order valence-electron chi connectivity index (χ3n) is 4.91. The van der Waals surface area contributed by atoms with Crippen LogP contribution in [0.2, 0.25) is 5.02 Å². The summed E-state index contributed by atoms with van der Waals surface area (Å²) in [6.07, 6.45) is 4.22. The molecule has 5 nitrogen and oxygen atoms in total. The Bertz CT molecular complexity index is 922. The van der Waals surface area contributed by atoms with Crippen molar-refractivity contribution in [2.75, 3.05) is 13.7 Å². The number of rotatable bonds is 4. The van der Waals surface area contributed by atoms with E-state index in [1.165, 1.54) is 7.11 Å². The van der Waals surface area contributed by atoms with Crippen molar-refractivity contribution in [2.24, 2.45) is 4.99 Å². The van der Waals surface area contributed by atoms with E-state index in [9.17, 15) is 4.79 Å². The molecule has 0 spiro atoms. The van der Waals surface area contributed by atoms with Gasteiger partial charge in [-0.05, 0) is 54.2 Å². The average Bonchev–Trinajstić information content (AvgIpc) is 3.15. The lowest BCUT2D eigenvalue weighted by Crippen LogP contribution is -2.29. The Morgan fingerprint density at radius 2 is 2.11 bits per heavy atom. The summed E-state index contributed by atoms with van der Waals surface area (Å²) >= 11 is 6.08. The fraction of sp³-hybridized carbons (Fsp3) is 0.455. The van der Waals surface area contributed by atoms with E-state index in [4.69, 9.17) is 21.1 Å². The summed E-state index contributed by atoms with van der Waals surface area (Å²) in [7, 11) is 1.53. The molecule has 0 bridgehead atoms. The van der Waals surface area contributed by atoms with Gasteiger partial charge in [-0.2, -0.15) is 4.99 Å². The van der Waals surface area contributed by atoms with Crippen molar-refractivity contribution >= 4 is 17.5 Å². The van der Waals surface area contributed by atoms with Crippen molar-refractivity contribution in [3.8, 4) is 5.75 Å². The summed E-state index contributed by atoms with van der Waals surface area (Å²) < 4.78 is 13.1. The van der Waals surface area contributed by atoms with Gasteiger partial charge in [0.15, 0.2) is 0 Å². The van der Waals surface area contributed by atoms with Gasteiger partial charge in [0, 0.05) is 17.8 Å². The Balaban J connectivity index is 2.06. The number of ether oxygens (including phenoxy) is 2. The number of pyridine rings is 1. The van der Waals surface area contributed by atoms with Gasteiger partial charge in [0.25, 0.3) is 5.91 Å². The molecule has 1 aliphatic heterocycles. The number of methoxy groups -OCH3 is 1. The molecule has 1 saturated heterocycles. The van der Waals surface area contributed by atoms with Gasteiger partial charge in [-0.3, -0.25) is 4.79 Å². The van der Waals surface area contributed by atoms with Crippen LogP contribution in [0.3, 0.4) is 0 Å². The molecule has 28 heavy (non-hydrogen) atoms. The number of hydrogen-bond acceptors (Lipinski definition) is 3. The van der Waals surface area contributed by atoms with Gasteiger partial charge in [0.2, 0.25) is 0 Å². The molecule has 0 aliphatic carbocycles. The molecule has 2 heterocycles. The van der Waals surface area contributed by atoms with Crippen molar-refractivity contribution in [2.45, 2.75) is 51.7 Å². The minimum absolute atomic E-state index is 0.0516. The third kappa shape index (κ3) is 4.83. The first-order chi connectivity index (χ1) is 13.3. The van der Waals surface area contributed by atoms with Gasteiger partial charge in [0.05, 0.1) is 25.3 Å². The Labute approximate surface area is 171 Å². The van der Waals surface area contributed by atoms with Crippen molar-refractivity contribution in [3.05, 3.63) is 58.2 Å². The molecule has 0 radical (unpaired) electrons. The van der Waals surface area contributed by atoms with Gasteiger partial charge in [0.1, 0.15) is 11.2 Å². The third-order valence-corrected chi connectivity index (χ3v) is 5.15. The lowest BCUT2D eigenvalue weighted by molar-refractivity contribution is 0.0944. The van der Waals surface area contributed by atoms with Crippen LogP contribution in [0.25, 0.3) is 0 Å². The summed E-state index contributed by atoms with van der Waals surface area (Å²) in [6, 6.07) is 9.01. The highest BCUT2D eigenvalue weighted by Crippen LogP contribution is 2.24. The van der Waals surface area contributed by atoms with E-state index in [2.05, 4.69) is 31.8 Å². The Morgan fingerprint density at radius 1 is 1.32 bits per heavy atom.